The van der Waals surface area contributed by atoms with Gasteiger partial charge in [-0.25, -0.2) is 9.37 Å². The van der Waals surface area contributed by atoms with Crippen molar-refractivity contribution in [2.75, 3.05) is 13.7 Å². The van der Waals surface area contributed by atoms with Crippen LogP contribution >= 0.6 is 0 Å². The quantitative estimate of drug-likeness (QED) is 0.591. The molecule has 0 bridgehead atoms. The summed E-state index contributed by atoms with van der Waals surface area (Å²) in [5.41, 5.74) is 2.69. The Morgan fingerprint density at radius 2 is 1.92 bits per heavy atom. The predicted molar refractivity (Wildman–Crippen MR) is 101 cm³/mol. The van der Waals surface area contributed by atoms with Gasteiger partial charge in [-0.2, -0.15) is 0 Å². The largest absolute Gasteiger partial charge is 0.477 e. The summed E-state index contributed by atoms with van der Waals surface area (Å²) in [6, 6.07) is 8.99. The van der Waals surface area contributed by atoms with Crippen LogP contribution in [-0.4, -0.2) is 24.6 Å². The number of aromatic nitrogens is 1. The second-order valence-corrected chi connectivity index (χ2v) is 6.62. The van der Waals surface area contributed by atoms with Crippen molar-refractivity contribution in [3.8, 4) is 5.88 Å². The number of pyridine rings is 1. The number of ether oxygens (including phenoxy) is 1. The van der Waals surface area contributed by atoms with Crippen LogP contribution in [-0.2, 0) is 13.1 Å². The van der Waals surface area contributed by atoms with E-state index >= 15 is 0 Å². The summed E-state index contributed by atoms with van der Waals surface area (Å²) in [4.78, 5) is 8.54. The lowest BCUT2D eigenvalue weighted by Crippen LogP contribution is -2.36. The minimum Gasteiger partial charge on any atom is -0.477 e. The van der Waals surface area contributed by atoms with Gasteiger partial charge in [0.1, 0.15) is 5.82 Å². The predicted octanol–water partition coefficient (Wildman–Crippen LogP) is 3.18. The van der Waals surface area contributed by atoms with Crippen molar-refractivity contribution >= 4 is 5.96 Å². The highest BCUT2D eigenvalue weighted by atomic mass is 19.1. The fourth-order valence-electron chi connectivity index (χ4n) is 2.50. The number of guanidine groups is 1. The van der Waals surface area contributed by atoms with Crippen LogP contribution < -0.4 is 15.4 Å². The molecule has 0 unspecified atom stereocenters. The molecular weight excluding hydrogens is 331 g/mol. The standard InChI is InChI=1S/C20H25FN4O/c1-14-9-16(5-7-18(14)21)10-24-20(22-2)25-12-17-6-8-19(23-11-17)26-13-15-3-4-15/h5-9,11,15H,3-4,10,12-13H2,1-2H3,(H2,22,24,25). The van der Waals surface area contributed by atoms with Gasteiger partial charge >= 0.3 is 0 Å². The zero-order chi connectivity index (χ0) is 18.4. The number of nitrogens with zero attached hydrogens (tertiary/aromatic N) is 2. The minimum absolute atomic E-state index is 0.187. The van der Waals surface area contributed by atoms with E-state index < -0.39 is 0 Å². The molecule has 0 radical (unpaired) electrons. The SMILES string of the molecule is CN=C(NCc1ccc(OCC2CC2)nc1)NCc1ccc(F)c(C)c1. The highest BCUT2D eigenvalue weighted by Gasteiger charge is 2.22. The van der Waals surface area contributed by atoms with Gasteiger partial charge in [0.15, 0.2) is 5.96 Å². The Morgan fingerprint density at radius 1 is 1.19 bits per heavy atom. The Bertz CT molecular complexity index is 757. The molecule has 0 atom stereocenters. The first-order chi connectivity index (χ1) is 12.6. The summed E-state index contributed by atoms with van der Waals surface area (Å²) in [6.45, 7) is 3.71. The molecule has 3 rings (SSSR count). The van der Waals surface area contributed by atoms with Crippen LogP contribution in [0.25, 0.3) is 0 Å². The molecule has 0 amide bonds. The van der Waals surface area contributed by atoms with Crippen LogP contribution in [0.5, 0.6) is 5.88 Å². The zero-order valence-corrected chi connectivity index (χ0v) is 15.3. The molecule has 1 fully saturated rings. The highest BCUT2D eigenvalue weighted by molar-refractivity contribution is 5.79. The molecule has 1 aliphatic rings. The van der Waals surface area contributed by atoms with Gasteiger partial charge in [0.05, 0.1) is 6.61 Å². The molecule has 1 aromatic carbocycles. The Labute approximate surface area is 153 Å². The molecular formula is C20H25FN4O. The molecule has 0 saturated heterocycles. The lowest BCUT2D eigenvalue weighted by molar-refractivity contribution is 0.288. The number of benzene rings is 1. The monoisotopic (exact) mass is 356 g/mol. The fourth-order valence-corrected chi connectivity index (χ4v) is 2.50. The lowest BCUT2D eigenvalue weighted by atomic mass is 10.1. The maximum Gasteiger partial charge on any atom is 0.213 e. The maximum absolute atomic E-state index is 13.3. The number of halogens is 1. The normalized spacial score (nSPS) is 14.2. The van der Waals surface area contributed by atoms with E-state index in [1.165, 1.54) is 18.9 Å². The second-order valence-electron chi connectivity index (χ2n) is 6.62. The third-order valence-corrected chi connectivity index (χ3v) is 4.33. The molecule has 0 spiro atoms. The van der Waals surface area contributed by atoms with Crippen LogP contribution in [0.2, 0.25) is 0 Å². The van der Waals surface area contributed by atoms with Gasteiger partial charge in [0, 0.05) is 32.4 Å². The molecule has 1 saturated carbocycles. The Hall–Kier alpha value is -2.63. The Morgan fingerprint density at radius 3 is 2.54 bits per heavy atom. The summed E-state index contributed by atoms with van der Waals surface area (Å²) in [5, 5.41) is 6.47. The molecule has 26 heavy (non-hydrogen) atoms. The lowest BCUT2D eigenvalue weighted by Gasteiger charge is -2.12. The van der Waals surface area contributed by atoms with Crippen LogP contribution in [0.3, 0.4) is 0 Å². The third-order valence-electron chi connectivity index (χ3n) is 4.33. The first-order valence-electron chi connectivity index (χ1n) is 8.91. The molecule has 5 nitrogen and oxygen atoms in total. The van der Waals surface area contributed by atoms with Gasteiger partial charge in [-0.15, -0.1) is 0 Å². The topological polar surface area (TPSA) is 58.5 Å². The highest BCUT2D eigenvalue weighted by Crippen LogP contribution is 2.29. The number of rotatable bonds is 7. The van der Waals surface area contributed by atoms with E-state index in [2.05, 4.69) is 20.6 Å². The van der Waals surface area contributed by atoms with Gasteiger partial charge in [-0.05, 0) is 48.4 Å². The van der Waals surface area contributed by atoms with Crippen molar-refractivity contribution in [3.05, 3.63) is 59.0 Å². The number of aliphatic imine (C=N–C) groups is 1. The number of aryl methyl sites for hydroxylation is 1. The van der Waals surface area contributed by atoms with E-state index in [0.29, 0.717) is 30.5 Å². The van der Waals surface area contributed by atoms with E-state index in [0.717, 1.165) is 23.7 Å². The van der Waals surface area contributed by atoms with Crippen molar-refractivity contribution in [1.82, 2.24) is 15.6 Å². The molecule has 138 valence electrons. The summed E-state index contributed by atoms with van der Waals surface area (Å²) in [5.74, 6) is 1.89. The van der Waals surface area contributed by atoms with Crippen LogP contribution in [0.15, 0.2) is 41.5 Å². The van der Waals surface area contributed by atoms with Gasteiger partial charge in [-0.1, -0.05) is 18.2 Å². The van der Waals surface area contributed by atoms with Crippen molar-refractivity contribution in [2.24, 2.45) is 10.9 Å². The molecule has 1 aliphatic carbocycles. The van der Waals surface area contributed by atoms with Gasteiger partial charge in [-0.3, -0.25) is 4.99 Å². The van der Waals surface area contributed by atoms with Gasteiger partial charge in [0.2, 0.25) is 5.88 Å². The number of nitrogens with one attached hydrogen (secondary N) is 2. The smallest absolute Gasteiger partial charge is 0.213 e. The van der Waals surface area contributed by atoms with Crippen LogP contribution in [0.4, 0.5) is 4.39 Å². The summed E-state index contributed by atoms with van der Waals surface area (Å²) >= 11 is 0. The first-order valence-corrected chi connectivity index (χ1v) is 8.91. The van der Waals surface area contributed by atoms with Gasteiger partial charge in [0.25, 0.3) is 0 Å². The van der Waals surface area contributed by atoms with Crippen LogP contribution in [0.1, 0.15) is 29.5 Å². The third kappa shape index (κ3) is 5.44. The maximum atomic E-state index is 13.3. The van der Waals surface area contributed by atoms with E-state index in [-0.39, 0.29) is 5.82 Å². The van der Waals surface area contributed by atoms with Crippen molar-refractivity contribution in [1.29, 1.82) is 0 Å². The van der Waals surface area contributed by atoms with Crippen molar-refractivity contribution in [3.63, 3.8) is 0 Å². The summed E-state index contributed by atoms with van der Waals surface area (Å²) in [7, 11) is 1.72. The van der Waals surface area contributed by atoms with E-state index in [9.17, 15) is 4.39 Å². The zero-order valence-electron chi connectivity index (χ0n) is 15.3. The molecule has 2 aromatic rings. The van der Waals surface area contributed by atoms with E-state index in [1.54, 1.807) is 20.0 Å². The average molecular weight is 356 g/mol. The van der Waals surface area contributed by atoms with Gasteiger partial charge < -0.3 is 15.4 Å². The first kappa shape index (κ1) is 18.2. The van der Waals surface area contributed by atoms with Crippen molar-refractivity contribution < 1.29 is 9.13 Å². The van der Waals surface area contributed by atoms with Crippen LogP contribution in [0, 0.1) is 18.7 Å². The summed E-state index contributed by atoms with van der Waals surface area (Å²) < 4.78 is 19.0. The fraction of sp³-hybridized carbons (Fsp3) is 0.400. The molecule has 0 aliphatic heterocycles. The van der Waals surface area contributed by atoms with E-state index in [1.807, 2.05) is 24.4 Å². The average Bonchev–Trinajstić information content (AvgIpc) is 3.48. The van der Waals surface area contributed by atoms with E-state index in [4.69, 9.17) is 4.74 Å². The number of hydrogen-bond donors (Lipinski definition) is 2. The molecule has 2 N–H and O–H groups in total. The molecule has 1 heterocycles. The summed E-state index contributed by atoms with van der Waals surface area (Å²) in [6.07, 6.45) is 4.35. The minimum atomic E-state index is -0.187. The van der Waals surface area contributed by atoms with Crippen molar-refractivity contribution in [2.45, 2.75) is 32.9 Å². The number of hydrogen-bond acceptors (Lipinski definition) is 3. The second kappa shape index (κ2) is 8.65. The Kier molecular flexibility index (Phi) is 6.04. The Balaban J connectivity index is 1.44. The molecule has 6 heteroatoms. The molecule has 1 aromatic heterocycles.